The lowest BCUT2D eigenvalue weighted by atomic mass is 9.92. The van der Waals surface area contributed by atoms with Crippen LogP contribution in [0.15, 0.2) is 18.2 Å². The molecule has 0 amide bonds. The van der Waals surface area contributed by atoms with Crippen LogP contribution in [0.2, 0.25) is 0 Å². The summed E-state index contributed by atoms with van der Waals surface area (Å²) in [5.41, 5.74) is 2.16. The number of hydrogen-bond acceptors (Lipinski definition) is 3. The highest BCUT2D eigenvalue weighted by Crippen LogP contribution is 2.28. The minimum atomic E-state index is 0.386. The fourth-order valence-corrected chi connectivity index (χ4v) is 3.00. The summed E-state index contributed by atoms with van der Waals surface area (Å²) >= 11 is 6.00. The van der Waals surface area contributed by atoms with Crippen LogP contribution >= 0.6 is 11.6 Å². The van der Waals surface area contributed by atoms with E-state index in [4.69, 9.17) is 21.1 Å². The molecule has 20 heavy (non-hydrogen) atoms. The summed E-state index contributed by atoms with van der Waals surface area (Å²) < 4.78 is 11.0. The van der Waals surface area contributed by atoms with Crippen LogP contribution in [-0.4, -0.2) is 25.9 Å². The SMILES string of the molecule is CCOc1ccc(NC2CCCC(OC)C2)cc1CCl. The molecule has 112 valence electrons. The highest BCUT2D eigenvalue weighted by molar-refractivity contribution is 6.17. The second kappa shape index (κ2) is 7.75. The molecule has 2 unspecified atom stereocenters. The number of halogens is 1. The monoisotopic (exact) mass is 297 g/mol. The van der Waals surface area contributed by atoms with Crippen LogP contribution in [0.1, 0.15) is 38.2 Å². The summed E-state index contributed by atoms with van der Waals surface area (Å²) in [6.45, 7) is 2.64. The van der Waals surface area contributed by atoms with Gasteiger partial charge in [0.2, 0.25) is 0 Å². The van der Waals surface area contributed by atoms with Crippen LogP contribution in [-0.2, 0) is 10.6 Å². The Morgan fingerprint density at radius 3 is 2.90 bits per heavy atom. The summed E-state index contributed by atoms with van der Waals surface area (Å²) in [5, 5.41) is 3.59. The van der Waals surface area contributed by atoms with Gasteiger partial charge in [-0.3, -0.25) is 0 Å². The van der Waals surface area contributed by atoms with Crippen LogP contribution in [0.3, 0.4) is 0 Å². The first kappa shape index (κ1) is 15.5. The minimum Gasteiger partial charge on any atom is -0.494 e. The van der Waals surface area contributed by atoms with Crippen molar-refractivity contribution in [1.82, 2.24) is 0 Å². The van der Waals surface area contributed by atoms with E-state index in [0.717, 1.165) is 23.4 Å². The number of alkyl halides is 1. The molecular weight excluding hydrogens is 274 g/mol. The molecule has 1 aromatic carbocycles. The van der Waals surface area contributed by atoms with Crippen LogP contribution in [0.25, 0.3) is 0 Å². The van der Waals surface area contributed by atoms with Gasteiger partial charge in [0.25, 0.3) is 0 Å². The highest BCUT2D eigenvalue weighted by atomic mass is 35.5. The number of benzene rings is 1. The van der Waals surface area contributed by atoms with E-state index in [1.165, 1.54) is 19.3 Å². The van der Waals surface area contributed by atoms with E-state index in [0.29, 0.717) is 24.6 Å². The standard InChI is InChI=1S/C16H24ClNO2/c1-3-20-16-8-7-14(9-12(16)11-17)18-13-5-4-6-15(10-13)19-2/h7-9,13,15,18H,3-6,10-11H2,1-2H3. The zero-order valence-electron chi connectivity index (χ0n) is 12.3. The van der Waals surface area contributed by atoms with Crippen molar-refractivity contribution in [3.63, 3.8) is 0 Å². The lowest BCUT2D eigenvalue weighted by Crippen LogP contribution is -2.31. The molecule has 1 N–H and O–H groups in total. The second-order valence-electron chi connectivity index (χ2n) is 5.25. The molecule has 0 spiro atoms. The fourth-order valence-electron chi connectivity index (χ4n) is 2.80. The lowest BCUT2D eigenvalue weighted by Gasteiger charge is -2.29. The van der Waals surface area contributed by atoms with Gasteiger partial charge in [-0.15, -0.1) is 11.6 Å². The van der Waals surface area contributed by atoms with E-state index in [2.05, 4.69) is 17.4 Å². The largest absolute Gasteiger partial charge is 0.494 e. The molecule has 0 aromatic heterocycles. The maximum atomic E-state index is 6.00. The molecule has 1 fully saturated rings. The lowest BCUT2D eigenvalue weighted by molar-refractivity contribution is 0.0669. The Bertz CT molecular complexity index is 425. The Kier molecular flexibility index (Phi) is 5.99. The Hall–Kier alpha value is -0.930. The van der Waals surface area contributed by atoms with E-state index in [-0.39, 0.29) is 0 Å². The van der Waals surface area contributed by atoms with E-state index in [1.54, 1.807) is 7.11 Å². The summed E-state index contributed by atoms with van der Waals surface area (Å²) in [7, 11) is 1.80. The van der Waals surface area contributed by atoms with E-state index in [9.17, 15) is 0 Å². The summed E-state index contributed by atoms with van der Waals surface area (Å²) in [4.78, 5) is 0. The van der Waals surface area contributed by atoms with Gasteiger partial charge < -0.3 is 14.8 Å². The third-order valence-electron chi connectivity index (χ3n) is 3.83. The number of methoxy groups -OCH3 is 1. The van der Waals surface area contributed by atoms with Gasteiger partial charge in [0.1, 0.15) is 5.75 Å². The molecule has 1 saturated carbocycles. The van der Waals surface area contributed by atoms with Crippen molar-refractivity contribution in [3.05, 3.63) is 23.8 Å². The molecule has 0 bridgehead atoms. The van der Waals surface area contributed by atoms with E-state index >= 15 is 0 Å². The zero-order valence-corrected chi connectivity index (χ0v) is 13.1. The Labute approximate surface area is 126 Å². The predicted octanol–water partition coefficient (Wildman–Crippen LogP) is 4.19. The molecule has 0 aliphatic heterocycles. The van der Waals surface area contributed by atoms with Gasteiger partial charge in [0.15, 0.2) is 0 Å². The van der Waals surface area contributed by atoms with Gasteiger partial charge in [-0.05, 0) is 50.8 Å². The highest BCUT2D eigenvalue weighted by Gasteiger charge is 2.21. The van der Waals surface area contributed by atoms with Crippen molar-refractivity contribution in [2.45, 2.75) is 50.6 Å². The van der Waals surface area contributed by atoms with Crippen molar-refractivity contribution in [2.24, 2.45) is 0 Å². The number of ether oxygens (including phenoxy) is 2. The Balaban J connectivity index is 2.02. The molecule has 1 aromatic rings. The third-order valence-corrected chi connectivity index (χ3v) is 4.12. The summed E-state index contributed by atoms with van der Waals surface area (Å²) in [6.07, 6.45) is 5.04. The summed E-state index contributed by atoms with van der Waals surface area (Å²) in [6, 6.07) is 6.64. The average Bonchev–Trinajstić information content (AvgIpc) is 2.49. The quantitative estimate of drug-likeness (QED) is 0.799. The van der Waals surface area contributed by atoms with E-state index < -0.39 is 0 Å². The van der Waals surface area contributed by atoms with Gasteiger partial charge in [-0.1, -0.05) is 0 Å². The number of nitrogens with one attached hydrogen (secondary N) is 1. The topological polar surface area (TPSA) is 30.5 Å². The second-order valence-corrected chi connectivity index (χ2v) is 5.52. The molecule has 0 radical (unpaired) electrons. The number of rotatable bonds is 6. The molecular formula is C16H24ClNO2. The third kappa shape index (κ3) is 4.03. The zero-order chi connectivity index (χ0) is 14.4. The van der Waals surface area contributed by atoms with Gasteiger partial charge in [0, 0.05) is 24.4 Å². The van der Waals surface area contributed by atoms with Crippen molar-refractivity contribution in [3.8, 4) is 5.75 Å². The van der Waals surface area contributed by atoms with Crippen molar-refractivity contribution in [1.29, 1.82) is 0 Å². The first-order valence-corrected chi connectivity index (χ1v) is 7.91. The molecule has 2 rings (SSSR count). The fraction of sp³-hybridized carbons (Fsp3) is 0.625. The van der Waals surface area contributed by atoms with Gasteiger partial charge >= 0.3 is 0 Å². The molecule has 3 nitrogen and oxygen atoms in total. The molecule has 0 heterocycles. The predicted molar refractivity (Wildman–Crippen MR) is 83.8 cm³/mol. The smallest absolute Gasteiger partial charge is 0.123 e. The number of anilines is 1. The molecule has 1 aliphatic rings. The van der Waals surface area contributed by atoms with Gasteiger partial charge in [-0.25, -0.2) is 0 Å². The van der Waals surface area contributed by atoms with Crippen LogP contribution in [0.5, 0.6) is 5.75 Å². The molecule has 2 atom stereocenters. The van der Waals surface area contributed by atoms with E-state index in [1.807, 2.05) is 13.0 Å². The van der Waals surface area contributed by atoms with Gasteiger partial charge in [0.05, 0.1) is 18.6 Å². The average molecular weight is 298 g/mol. The number of hydrogen-bond donors (Lipinski definition) is 1. The molecule has 0 saturated heterocycles. The first-order valence-electron chi connectivity index (χ1n) is 7.37. The van der Waals surface area contributed by atoms with Crippen LogP contribution < -0.4 is 10.1 Å². The first-order chi connectivity index (χ1) is 9.76. The van der Waals surface area contributed by atoms with Crippen LogP contribution in [0, 0.1) is 0 Å². The van der Waals surface area contributed by atoms with Crippen molar-refractivity contribution >= 4 is 17.3 Å². The minimum absolute atomic E-state index is 0.386. The Morgan fingerprint density at radius 1 is 1.35 bits per heavy atom. The van der Waals surface area contributed by atoms with Crippen molar-refractivity contribution < 1.29 is 9.47 Å². The molecule has 1 aliphatic carbocycles. The van der Waals surface area contributed by atoms with Gasteiger partial charge in [-0.2, -0.15) is 0 Å². The maximum absolute atomic E-state index is 6.00. The maximum Gasteiger partial charge on any atom is 0.123 e. The van der Waals surface area contributed by atoms with Crippen molar-refractivity contribution in [2.75, 3.05) is 19.0 Å². The summed E-state index contributed by atoms with van der Waals surface area (Å²) in [5.74, 6) is 1.35. The molecule has 4 heteroatoms. The Morgan fingerprint density at radius 2 is 2.20 bits per heavy atom. The normalized spacial score (nSPS) is 22.6. The van der Waals surface area contributed by atoms with Crippen LogP contribution in [0.4, 0.5) is 5.69 Å².